The molecule has 0 fully saturated rings. The number of carbonyl (C=O) groups excluding carboxylic acids is 2. The van der Waals surface area contributed by atoms with Crippen molar-refractivity contribution in [1.29, 1.82) is 0 Å². The third kappa shape index (κ3) is 5.01. The Morgan fingerprint density at radius 1 is 1.21 bits per heavy atom. The molecule has 6 nitrogen and oxygen atoms in total. The largest absolute Gasteiger partial charge is 0.497 e. The van der Waals surface area contributed by atoms with Crippen molar-refractivity contribution < 1.29 is 18.7 Å². The molecule has 0 aliphatic rings. The first kappa shape index (κ1) is 17.3. The lowest BCUT2D eigenvalue weighted by Crippen LogP contribution is -2.33. The van der Waals surface area contributed by atoms with Gasteiger partial charge in [-0.2, -0.15) is 0 Å². The number of methoxy groups -OCH3 is 1. The van der Waals surface area contributed by atoms with E-state index in [2.05, 4.69) is 5.32 Å². The van der Waals surface area contributed by atoms with Crippen molar-refractivity contribution in [3.63, 3.8) is 0 Å². The van der Waals surface area contributed by atoms with Gasteiger partial charge in [0.15, 0.2) is 0 Å². The summed E-state index contributed by atoms with van der Waals surface area (Å²) in [6.07, 6.45) is 2.95. The van der Waals surface area contributed by atoms with Crippen LogP contribution in [0.5, 0.6) is 5.75 Å². The number of ether oxygens (including phenoxy) is 1. The lowest BCUT2D eigenvalue weighted by molar-refractivity contribution is -0.129. The number of aryl methyl sites for hydroxylation is 1. The number of carbonyl (C=O) groups is 2. The van der Waals surface area contributed by atoms with E-state index in [-0.39, 0.29) is 18.4 Å². The summed E-state index contributed by atoms with van der Waals surface area (Å²) in [7, 11) is 3.14. The number of hydrogen-bond acceptors (Lipinski definition) is 4. The monoisotopic (exact) mass is 328 g/mol. The van der Waals surface area contributed by atoms with E-state index in [4.69, 9.17) is 9.15 Å². The molecule has 0 atom stereocenters. The van der Waals surface area contributed by atoms with Crippen LogP contribution in [0.2, 0.25) is 0 Å². The van der Waals surface area contributed by atoms with Crippen molar-refractivity contribution in [2.75, 3.05) is 26.0 Å². The zero-order chi connectivity index (χ0) is 17.5. The fourth-order valence-electron chi connectivity index (χ4n) is 1.99. The van der Waals surface area contributed by atoms with Crippen LogP contribution in [-0.4, -0.2) is 37.4 Å². The topological polar surface area (TPSA) is 71.8 Å². The molecule has 0 aliphatic heterocycles. The molecule has 0 saturated heterocycles. The molecule has 1 aromatic carbocycles. The smallest absolute Gasteiger partial charge is 0.246 e. The highest BCUT2D eigenvalue weighted by molar-refractivity contribution is 5.97. The van der Waals surface area contributed by atoms with Crippen LogP contribution in [0.3, 0.4) is 0 Å². The lowest BCUT2D eigenvalue weighted by atomic mass is 10.3. The Balaban J connectivity index is 1.85. The molecular weight excluding hydrogens is 308 g/mol. The summed E-state index contributed by atoms with van der Waals surface area (Å²) in [6.45, 7) is 1.78. The van der Waals surface area contributed by atoms with Gasteiger partial charge in [0.25, 0.3) is 0 Å². The summed E-state index contributed by atoms with van der Waals surface area (Å²) in [6, 6.07) is 10.6. The fraction of sp³-hybridized carbons (Fsp3) is 0.222. The van der Waals surface area contributed by atoms with Crippen LogP contribution in [0.1, 0.15) is 11.5 Å². The van der Waals surface area contributed by atoms with E-state index in [1.165, 1.54) is 11.0 Å². The SMILES string of the molecule is COc1ccc(NC(=O)CN(C)C(=O)C=Cc2ccc(C)o2)cc1. The Bertz CT molecular complexity index is 732. The number of amides is 2. The minimum Gasteiger partial charge on any atom is -0.497 e. The average molecular weight is 328 g/mol. The van der Waals surface area contributed by atoms with E-state index in [1.54, 1.807) is 50.6 Å². The van der Waals surface area contributed by atoms with E-state index < -0.39 is 0 Å². The Labute approximate surface area is 140 Å². The van der Waals surface area contributed by atoms with Gasteiger partial charge >= 0.3 is 0 Å². The fourth-order valence-corrected chi connectivity index (χ4v) is 1.99. The van der Waals surface area contributed by atoms with Gasteiger partial charge in [-0.1, -0.05) is 0 Å². The summed E-state index contributed by atoms with van der Waals surface area (Å²) in [4.78, 5) is 25.3. The maximum absolute atomic E-state index is 12.0. The molecular formula is C18H20N2O4. The third-order valence-electron chi connectivity index (χ3n) is 3.28. The predicted octanol–water partition coefficient (Wildman–Crippen LogP) is 2.71. The average Bonchev–Trinajstić information content (AvgIpc) is 2.98. The van der Waals surface area contributed by atoms with Crippen LogP contribution in [0, 0.1) is 6.92 Å². The van der Waals surface area contributed by atoms with Crippen molar-refractivity contribution in [3.05, 3.63) is 54.0 Å². The van der Waals surface area contributed by atoms with Crippen molar-refractivity contribution in [2.24, 2.45) is 0 Å². The van der Waals surface area contributed by atoms with Gasteiger partial charge in [-0.15, -0.1) is 0 Å². The normalized spacial score (nSPS) is 10.6. The number of nitrogens with one attached hydrogen (secondary N) is 1. The second-order valence-electron chi connectivity index (χ2n) is 5.25. The highest BCUT2D eigenvalue weighted by atomic mass is 16.5. The van der Waals surface area contributed by atoms with Crippen molar-refractivity contribution in [3.8, 4) is 5.75 Å². The Hall–Kier alpha value is -3.02. The Morgan fingerprint density at radius 2 is 1.92 bits per heavy atom. The van der Waals surface area contributed by atoms with Gasteiger partial charge in [0.2, 0.25) is 11.8 Å². The molecule has 1 aromatic heterocycles. The molecule has 0 radical (unpaired) electrons. The van der Waals surface area contributed by atoms with Crippen LogP contribution < -0.4 is 10.1 Å². The van der Waals surface area contributed by atoms with Gasteiger partial charge in [0.05, 0.1) is 13.7 Å². The second-order valence-corrected chi connectivity index (χ2v) is 5.25. The molecule has 24 heavy (non-hydrogen) atoms. The van der Waals surface area contributed by atoms with Gasteiger partial charge < -0.3 is 19.4 Å². The van der Waals surface area contributed by atoms with Crippen LogP contribution in [0.25, 0.3) is 6.08 Å². The van der Waals surface area contributed by atoms with Gasteiger partial charge in [-0.25, -0.2) is 0 Å². The molecule has 1 N–H and O–H groups in total. The van der Waals surface area contributed by atoms with Crippen LogP contribution in [-0.2, 0) is 9.59 Å². The minimum absolute atomic E-state index is 0.0492. The number of benzene rings is 1. The van der Waals surface area contributed by atoms with Crippen molar-refractivity contribution >= 4 is 23.6 Å². The van der Waals surface area contributed by atoms with E-state index in [0.717, 1.165) is 5.76 Å². The van der Waals surface area contributed by atoms with Gasteiger partial charge in [0, 0.05) is 18.8 Å². The van der Waals surface area contributed by atoms with Gasteiger partial charge in [-0.3, -0.25) is 9.59 Å². The summed E-state index contributed by atoms with van der Waals surface area (Å²) in [5.74, 6) is 1.51. The van der Waals surface area contributed by atoms with Crippen LogP contribution >= 0.6 is 0 Å². The third-order valence-corrected chi connectivity index (χ3v) is 3.28. The number of furan rings is 1. The van der Waals surface area contributed by atoms with Crippen LogP contribution in [0.4, 0.5) is 5.69 Å². The van der Waals surface area contributed by atoms with Gasteiger partial charge in [0.1, 0.15) is 17.3 Å². The van der Waals surface area contributed by atoms with Gasteiger partial charge in [-0.05, 0) is 49.4 Å². The number of likely N-dealkylation sites (N-methyl/N-ethyl adjacent to an activating group) is 1. The molecule has 2 aromatic rings. The van der Waals surface area contributed by atoms with Crippen molar-refractivity contribution in [1.82, 2.24) is 4.90 Å². The van der Waals surface area contributed by atoms with Crippen molar-refractivity contribution in [2.45, 2.75) is 6.92 Å². The first-order chi connectivity index (χ1) is 11.5. The molecule has 126 valence electrons. The second kappa shape index (κ2) is 8.01. The lowest BCUT2D eigenvalue weighted by Gasteiger charge is -2.14. The molecule has 0 bridgehead atoms. The van der Waals surface area contributed by atoms with E-state index >= 15 is 0 Å². The first-order valence-electron chi connectivity index (χ1n) is 7.41. The number of nitrogens with zero attached hydrogens (tertiary/aromatic N) is 1. The zero-order valence-corrected chi connectivity index (χ0v) is 13.9. The maximum atomic E-state index is 12.0. The maximum Gasteiger partial charge on any atom is 0.246 e. The van der Waals surface area contributed by atoms with Crippen LogP contribution in [0.15, 0.2) is 46.9 Å². The predicted molar refractivity (Wildman–Crippen MR) is 91.7 cm³/mol. The summed E-state index contributed by atoms with van der Waals surface area (Å²) < 4.78 is 10.4. The summed E-state index contributed by atoms with van der Waals surface area (Å²) >= 11 is 0. The standard InChI is InChI=1S/C18H20N2O4/c1-13-4-7-16(24-13)10-11-18(22)20(2)12-17(21)19-14-5-8-15(23-3)9-6-14/h4-11H,12H2,1-3H3,(H,19,21). The quantitative estimate of drug-likeness (QED) is 0.828. The molecule has 1 heterocycles. The highest BCUT2D eigenvalue weighted by Crippen LogP contribution is 2.15. The molecule has 6 heteroatoms. The van der Waals surface area contributed by atoms with E-state index in [9.17, 15) is 9.59 Å². The molecule has 2 amide bonds. The Morgan fingerprint density at radius 3 is 2.50 bits per heavy atom. The molecule has 2 rings (SSSR count). The molecule has 0 spiro atoms. The minimum atomic E-state index is -0.283. The first-order valence-corrected chi connectivity index (χ1v) is 7.41. The number of anilines is 1. The number of rotatable bonds is 6. The number of hydrogen-bond donors (Lipinski definition) is 1. The molecule has 0 unspecified atom stereocenters. The Kier molecular flexibility index (Phi) is 5.78. The molecule has 0 aliphatic carbocycles. The zero-order valence-electron chi connectivity index (χ0n) is 13.9. The highest BCUT2D eigenvalue weighted by Gasteiger charge is 2.11. The van der Waals surface area contributed by atoms with E-state index in [0.29, 0.717) is 17.2 Å². The van der Waals surface area contributed by atoms with E-state index in [1.807, 2.05) is 13.0 Å². The summed E-state index contributed by atoms with van der Waals surface area (Å²) in [5.41, 5.74) is 0.642. The molecule has 0 saturated carbocycles. The summed E-state index contributed by atoms with van der Waals surface area (Å²) in [5, 5.41) is 2.73.